The van der Waals surface area contributed by atoms with Crippen molar-refractivity contribution in [3.8, 4) is 11.1 Å². The average Bonchev–Trinajstić information content (AvgIpc) is 2.30. The van der Waals surface area contributed by atoms with E-state index < -0.39 is 10.7 Å². The molecule has 1 aromatic carbocycles. The van der Waals surface area contributed by atoms with Crippen molar-refractivity contribution in [3.05, 3.63) is 58.2 Å². The van der Waals surface area contributed by atoms with Crippen LogP contribution in [0.3, 0.4) is 0 Å². The molecule has 0 aliphatic carbocycles. The van der Waals surface area contributed by atoms with Crippen LogP contribution < -0.4 is 0 Å². The molecule has 17 heavy (non-hydrogen) atoms. The highest BCUT2D eigenvalue weighted by Crippen LogP contribution is 2.25. The number of rotatable bonds is 2. The van der Waals surface area contributed by atoms with Crippen LogP contribution in [-0.2, 0) is 0 Å². The minimum atomic E-state index is -0.625. The highest BCUT2D eigenvalue weighted by molar-refractivity contribution is 5.64. The molecule has 2 rings (SSSR count). The maximum absolute atomic E-state index is 13.7. The standard InChI is InChI=1S/C12H9FN2O2/c1-8-2-3-9(7-14-8)11-5-4-10(15(16)17)6-12(11)13/h2-7H,1H3. The third-order valence-corrected chi connectivity index (χ3v) is 2.39. The molecule has 0 amide bonds. The molecule has 0 atom stereocenters. The summed E-state index contributed by atoms with van der Waals surface area (Å²) >= 11 is 0. The molecule has 1 heterocycles. The molecule has 86 valence electrons. The Balaban J connectivity index is 2.46. The van der Waals surface area contributed by atoms with Crippen LogP contribution in [0.1, 0.15) is 5.69 Å². The van der Waals surface area contributed by atoms with E-state index >= 15 is 0 Å². The first-order valence-corrected chi connectivity index (χ1v) is 4.95. The summed E-state index contributed by atoms with van der Waals surface area (Å²) in [5.74, 6) is -0.621. The van der Waals surface area contributed by atoms with E-state index in [4.69, 9.17) is 0 Å². The number of hydrogen-bond donors (Lipinski definition) is 0. The molecule has 0 saturated heterocycles. The van der Waals surface area contributed by atoms with E-state index in [0.29, 0.717) is 11.1 Å². The van der Waals surface area contributed by atoms with Crippen molar-refractivity contribution in [1.29, 1.82) is 0 Å². The van der Waals surface area contributed by atoms with Crippen molar-refractivity contribution >= 4 is 5.69 Å². The molecule has 0 N–H and O–H groups in total. The van der Waals surface area contributed by atoms with Crippen LogP contribution in [0.25, 0.3) is 11.1 Å². The lowest BCUT2D eigenvalue weighted by atomic mass is 10.1. The van der Waals surface area contributed by atoms with Gasteiger partial charge in [-0.1, -0.05) is 6.07 Å². The first kappa shape index (κ1) is 11.2. The number of aryl methyl sites for hydroxylation is 1. The van der Waals surface area contributed by atoms with Crippen LogP contribution in [0.4, 0.5) is 10.1 Å². The van der Waals surface area contributed by atoms with Crippen LogP contribution in [0.15, 0.2) is 36.5 Å². The summed E-state index contributed by atoms with van der Waals surface area (Å²) < 4.78 is 13.7. The zero-order valence-electron chi connectivity index (χ0n) is 9.05. The van der Waals surface area contributed by atoms with Gasteiger partial charge in [-0.3, -0.25) is 15.1 Å². The van der Waals surface area contributed by atoms with Crippen LogP contribution in [0.5, 0.6) is 0 Å². The number of benzene rings is 1. The van der Waals surface area contributed by atoms with Gasteiger partial charge < -0.3 is 0 Å². The topological polar surface area (TPSA) is 56.0 Å². The normalized spacial score (nSPS) is 10.2. The van der Waals surface area contributed by atoms with E-state index in [1.807, 2.05) is 6.92 Å². The summed E-state index contributed by atoms with van der Waals surface area (Å²) in [5.41, 5.74) is 1.48. The van der Waals surface area contributed by atoms with Crippen molar-refractivity contribution in [1.82, 2.24) is 4.98 Å². The summed E-state index contributed by atoms with van der Waals surface area (Å²) in [6.07, 6.45) is 1.54. The highest BCUT2D eigenvalue weighted by Gasteiger charge is 2.11. The Bertz CT molecular complexity index is 567. The second kappa shape index (κ2) is 4.29. The molecule has 0 bridgehead atoms. The zero-order valence-corrected chi connectivity index (χ0v) is 9.05. The van der Waals surface area contributed by atoms with Gasteiger partial charge in [-0.2, -0.15) is 0 Å². The smallest absolute Gasteiger partial charge is 0.261 e. The number of non-ortho nitro benzene ring substituents is 1. The number of nitro benzene ring substituents is 1. The lowest BCUT2D eigenvalue weighted by Crippen LogP contribution is -1.91. The van der Waals surface area contributed by atoms with E-state index in [0.717, 1.165) is 11.8 Å². The summed E-state index contributed by atoms with van der Waals surface area (Å²) in [6.45, 7) is 1.83. The zero-order chi connectivity index (χ0) is 12.4. The fourth-order valence-corrected chi connectivity index (χ4v) is 1.48. The lowest BCUT2D eigenvalue weighted by Gasteiger charge is -2.03. The van der Waals surface area contributed by atoms with Crippen molar-refractivity contribution < 1.29 is 9.31 Å². The molecule has 1 aromatic heterocycles. The number of nitro groups is 1. The Labute approximate surface area is 96.9 Å². The number of hydrogen-bond acceptors (Lipinski definition) is 3. The third kappa shape index (κ3) is 2.28. The predicted octanol–water partition coefficient (Wildman–Crippen LogP) is 3.10. The van der Waals surface area contributed by atoms with E-state index in [1.54, 1.807) is 18.3 Å². The van der Waals surface area contributed by atoms with Gasteiger partial charge in [-0.15, -0.1) is 0 Å². The molecule has 5 heteroatoms. The number of halogens is 1. The Morgan fingerprint density at radius 3 is 2.59 bits per heavy atom. The second-order valence-corrected chi connectivity index (χ2v) is 3.61. The number of nitrogens with zero attached hydrogens (tertiary/aromatic N) is 2. The Morgan fingerprint density at radius 1 is 1.29 bits per heavy atom. The first-order chi connectivity index (χ1) is 8.08. The van der Waals surface area contributed by atoms with Gasteiger partial charge >= 0.3 is 0 Å². The molecule has 0 unspecified atom stereocenters. The molecule has 0 fully saturated rings. The molecule has 0 saturated carbocycles. The van der Waals surface area contributed by atoms with E-state index in [2.05, 4.69) is 4.98 Å². The van der Waals surface area contributed by atoms with Crippen molar-refractivity contribution in [3.63, 3.8) is 0 Å². The van der Waals surface area contributed by atoms with Gasteiger partial charge in [0, 0.05) is 29.1 Å². The van der Waals surface area contributed by atoms with Crippen molar-refractivity contribution in [2.75, 3.05) is 0 Å². The Kier molecular flexibility index (Phi) is 2.82. The van der Waals surface area contributed by atoms with Gasteiger partial charge in [0.2, 0.25) is 0 Å². The van der Waals surface area contributed by atoms with E-state index in [1.165, 1.54) is 12.1 Å². The highest BCUT2D eigenvalue weighted by atomic mass is 19.1. The van der Waals surface area contributed by atoms with Gasteiger partial charge in [0.25, 0.3) is 5.69 Å². The lowest BCUT2D eigenvalue weighted by molar-refractivity contribution is -0.385. The van der Waals surface area contributed by atoms with Crippen molar-refractivity contribution in [2.24, 2.45) is 0 Å². The molecule has 0 aliphatic heterocycles. The molecular formula is C12H9FN2O2. The average molecular weight is 232 g/mol. The van der Waals surface area contributed by atoms with Crippen LogP contribution >= 0.6 is 0 Å². The largest absolute Gasteiger partial charge is 0.272 e. The van der Waals surface area contributed by atoms with Gasteiger partial charge in [-0.05, 0) is 19.1 Å². The summed E-state index contributed by atoms with van der Waals surface area (Å²) in [6, 6.07) is 7.07. The monoisotopic (exact) mass is 232 g/mol. The quantitative estimate of drug-likeness (QED) is 0.590. The fraction of sp³-hybridized carbons (Fsp3) is 0.0833. The molecule has 0 aliphatic rings. The summed E-state index contributed by atoms with van der Waals surface area (Å²) in [5, 5.41) is 10.5. The van der Waals surface area contributed by atoms with Gasteiger partial charge in [0.15, 0.2) is 0 Å². The molecule has 2 aromatic rings. The van der Waals surface area contributed by atoms with Crippen LogP contribution in [0.2, 0.25) is 0 Å². The number of aromatic nitrogens is 1. The third-order valence-electron chi connectivity index (χ3n) is 2.39. The van der Waals surface area contributed by atoms with E-state index in [9.17, 15) is 14.5 Å². The van der Waals surface area contributed by atoms with Crippen LogP contribution in [0, 0.1) is 22.9 Å². The summed E-state index contributed by atoms with van der Waals surface area (Å²) in [4.78, 5) is 13.9. The van der Waals surface area contributed by atoms with Gasteiger partial charge in [0.1, 0.15) is 5.82 Å². The Hall–Kier alpha value is -2.30. The first-order valence-electron chi connectivity index (χ1n) is 4.95. The Morgan fingerprint density at radius 2 is 2.06 bits per heavy atom. The molecule has 4 nitrogen and oxygen atoms in total. The van der Waals surface area contributed by atoms with Gasteiger partial charge in [0.05, 0.1) is 11.0 Å². The van der Waals surface area contributed by atoms with Gasteiger partial charge in [-0.25, -0.2) is 4.39 Å². The molecular weight excluding hydrogens is 223 g/mol. The van der Waals surface area contributed by atoms with E-state index in [-0.39, 0.29) is 5.69 Å². The fourth-order valence-electron chi connectivity index (χ4n) is 1.48. The van der Waals surface area contributed by atoms with Crippen LogP contribution in [-0.4, -0.2) is 9.91 Å². The summed E-state index contributed by atoms with van der Waals surface area (Å²) in [7, 11) is 0. The maximum Gasteiger partial charge on any atom is 0.272 e. The predicted molar refractivity (Wildman–Crippen MR) is 61.0 cm³/mol. The molecule has 0 spiro atoms. The minimum absolute atomic E-state index is 0.258. The minimum Gasteiger partial charge on any atom is -0.261 e. The van der Waals surface area contributed by atoms with Crippen molar-refractivity contribution in [2.45, 2.75) is 6.92 Å². The molecule has 0 radical (unpaired) electrons. The number of pyridine rings is 1. The second-order valence-electron chi connectivity index (χ2n) is 3.61. The maximum atomic E-state index is 13.7. The SMILES string of the molecule is Cc1ccc(-c2ccc([N+](=O)[O-])cc2F)cn1.